The van der Waals surface area contributed by atoms with Crippen molar-refractivity contribution in [3.8, 4) is 5.69 Å². The Morgan fingerprint density at radius 2 is 1.88 bits per heavy atom. The number of carbonyl (C=O) groups is 1. The molecule has 0 fully saturated rings. The molecule has 0 unspecified atom stereocenters. The van der Waals surface area contributed by atoms with E-state index in [2.05, 4.69) is 26.3 Å². The molecule has 1 heterocycles. The highest BCUT2D eigenvalue weighted by atomic mass is 79.9. The van der Waals surface area contributed by atoms with E-state index in [1.54, 1.807) is 29.8 Å². The Bertz CT molecular complexity index is 902. The zero-order valence-corrected chi connectivity index (χ0v) is 14.8. The van der Waals surface area contributed by atoms with Gasteiger partial charge in [-0.2, -0.15) is 5.10 Å². The van der Waals surface area contributed by atoms with Crippen molar-refractivity contribution in [1.29, 1.82) is 0 Å². The summed E-state index contributed by atoms with van der Waals surface area (Å²) in [4.78, 5) is 12.4. The number of amides is 1. The summed E-state index contributed by atoms with van der Waals surface area (Å²) in [6, 6.07) is 10.3. The second-order valence-electron chi connectivity index (χ2n) is 5.49. The third-order valence-corrected chi connectivity index (χ3v) is 4.16. The molecule has 3 rings (SSSR count). The molecule has 7 heteroatoms. The van der Waals surface area contributed by atoms with Crippen molar-refractivity contribution in [2.75, 3.05) is 0 Å². The van der Waals surface area contributed by atoms with Crippen molar-refractivity contribution in [3.63, 3.8) is 0 Å². The van der Waals surface area contributed by atoms with Crippen LogP contribution < -0.4 is 5.32 Å². The molecule has 1 amide bonds. The number of rotatable bonds is 4. The fourth-order valence-electron chi connectivity index (χ4n) is 2.47. The molecule has 25 heavy (non-hydrogen) atoms. The molecule has 0 spiro atoms. The number of carbonyl (C=O) groups excluding carboxylic acids is 1. The van der Waals surface area contributed by atoms with E-state index in [1.807, 2.05) is 0 Å². The maximum Gasteiger partial charge on any atom is 0.255 e. The second-order valence-corrected chi connectivity index (χ2v) is 6.41. The topological polar surface area (TPSA) is 46.9 Å². The molecule has 0 saturated heterocycles. The lowest BCUT2D eigenvalue weighted by molar-refractivity contribution is 0.0950. The molecule has 0 aliphatic carbocycles. The highest BCUT2D eigenvalue weighted by Crippen LogP contribution is 2.16. The third kappa shape index (κ3) is 3.93. The summed E-state index contributed by atoms with van der Waals surface area (Å²) in [5, 5.41) is 6.93. The standard InChI is InChI=1S/C18H14BrF2N3O/c1-11-17(10-23-24(11)16-4-2-14(20)3-5-16)18(25)22-9-12-6-13(19)8-15(21)7-12/h2-8,10H,9H2,1H3,(H,22,25). The molecule has 0 radical (unpaired) electrons. The monoisotopic (exact) mass is 405 g/mol. The van der Waals surface area contributed by atoms with Crippen molar-refractivity contribution >= 4 is 21.8 Å². The van der Waals surface area contributed by atoms with E-state index < -0.39 is 0 Å². The van der Waals surface area contributed by atoms with Gasteiger partial charge in [-0.3, -0.25) is 4.79 Å². The average Bonchev–Trinajstić information content (AvgIpc) is 2.94. The highest BCUT2D eigenvalue weighted by molar-refractivity contribution is 9.10. The van der Waals surface area contributed by atoms with Crippen LogP contribution >= 0.6 is 15.9 Å². The van der Waals surface area contributed by atoms with Crippen LogP contribution in [0.5, 0.6) is 0 Å². The minimum atomic E-state index is -0.376. The average molecular weight is 406 g/mol. The molecule has 1 aromatic heterocycles. The lowest BCUT2D eigenvalue weighted by Crippen LogP contribution is -2.23. The predicted molar refractivity (Wildman–Crippen MR) is 93.5 cm³/mol. The van der Waals surface area contributed by atoms with Gasteiger partial charge in [0.15, 0.2) is 0 Å². The number of hydrogen-bond donors (Lipinski definition) is 1. The number of nitrogens with one attached hydrogen (secondary N) is 1. The van der Waals surface area contributed by atoms with Crippen LogP contribution in [0.25, 0.3) is 5.69 Å². The van der Waals surface area contributed by atoms with Crippen molar-refractivity contribution < 1.29 is 13.6 Å². The van der Waals surface area contributed by atoms with Crippen molar-refractivity contribution in [2.45, 2.75) is 13.5 Å². The van der Waals surface area contributed by atoms with Crippen LogP contribution in [0.3, 0.4) is 0 Å². The summed E-state index contributed by atoms with van der Waals surface area (Å²) in [6.07, 6.45) is 1.45. The summed E-state index contributed by atoms with van der Waals surface area (Å²) in [7, 11) is 0. The lowest BCUT2D eigenvalue weighted by atomic mass is 10.2. The van der Waals surface area contributed by atoms with E-state index in [1.165, 1.54) is 30.5 Å². The van der Waals surface area contributed by atoms with Gasteiger partial charge in [-0.05, 0) is 55.0 Å². The van der Waals surface area contributed by atoms with Gasteiger partial charge in [-0.15, -0.1) is 0 Å². The van der Waals surface area contributed by atoms with Crippen LogP contribution in [0, 0.1) is 18.6 Å². The van der Waals surface area contributed by atoms with Crippen LogP contribution in [0.1, 0.15) is 21.6 Å². The quantitative estimate of drug-likeness (QED) is 0.708. The maximum absolute atomic E-state index is 13.4. The highest BCUT2D eigenvalue weighted by Gasteiger charge is 2.15. The van der Waals surface area contributed by atoms with Gasteiger partial charge in [0.1, 0.15) is 11.6 Å². The molecule has 3 aromatic rings. The molecule has 0 saturated carbocycles. The van der Waals surface area contributed by atoms with Gasteiger partial charge in [-0.25, -0.2) is 13.5 Å². The number of halogens is 3. The van der Waals surface area contributed by atoms with E-state index in [0.29, 0.717) is 27.0 Å². The van der Waals surface area contributed by atoms with E-state index in [9.17, 15) is 13.6 Å². The molecule has 128 valence electrons. The van der Waals surface area contributed by atoms with Gasteiger partial charge < -0.3 is 5.32 Å². The summed E-state index contributed by atoms with van der Waals surface area (Å²) < 4.78 is 28.6. The smallest absolute Gasteiger partial charge is 0.255 e. The Balaban J connectivity index is 1.75. The van der Waals surface area contributed by atoms with Crippen LogP contribution in [0.2, 0.25) is 0 Å². The largest absolute Gasteiger partial charge is 0.348 e. The first-order chi connectivity index (χ1) is 11.9. The molecule has 2 aromatic carbocycles. The fraction of sp³-hybridized carbons (Fsp3) is 0.111. The Labute approximate surface area is 151 Å². The molecular formula is C18H14BrF2N3O. The summed E-state index contributed by atoms with van der Waals surface area (Å²) in [5.41, 5.74) is 2.33. The number of nitrogens with zero attached hydrogens (tertiary/aromatic N) is 2. The SMILES string of the molecule is Cc1c(C(=O)NCc2cc(F)cc(Br)c2)cnn1-c1ccc(F)cc1. The molecule has 4 nitrogen and oxygen atoms in total. The van der Waals surface area contributed by atoms with Crippen LogP contribution in [0.15, 0.2) is 53.1 Å². The van der Waals surface area contributed by atoms with E-state index in [0.717, 1.165) is 0 Å². The summed E-state index contributed by atoms with van der Waals surface area (Å²) in [5.74, 6) is -1.03. The molecule has 0 atom stereocenters. The first-order valence-corrected chi connectivity index (χ1v) is 8.27. The zero-order valence-electron chi connectivity index (χ0n) is 13.3. The fourth-order valence-corrected chi connectivity index (χ4v) is 2.98. The van der Waals surface area contributed by atoms with E-state index in [-0.39, 0.29) is 24.1 Å². The number of aromatic nitrogens is 2. The summed E-state index contributed by atoms with van der Waals surface area (Å²) in [6.45, 7) is 1.94. The Kier molecular flexibility index (Phi) is 4.94. The molecule has 1 N–H and O–H groups in total. The molecule has 0 aliphatic heterocycles. The van der Waals surface area contributed by atoms with Crippen LogP contribution in [0.4, 0.5) is 8.78 Å². The van der Waals surface area contributed by atoms with E-state index >= 15 is 0 Å². The lowest BCUT2D eigenvalue weighted by Gasteiger charge is -2.07. The third-order valence-electron chi connectivity index (χ3n) is 3.70. The normalized spacial score (nSPS) is 10.7. The number of hydrogen-bond acceptors (Lipinski definition) is 2. The number of benzene rings is 2. The van der Waals surface area contributed by atoms with Crippen molar-refractivity contribution in [1.82, 2.24) is 15.1 Å². The van der Waals surface area contributed by atoms with Crippen molar-refractivity contribution in [2.24, 2.45) is 0 Å². The zero-order chi connectivity index (χ0) is 18.0. The minimum Gasteiger partial charge on any atom is -0.348 e. The predicted octanol–water partition coefficient (Wildman–Crippen LogP) is 4.15. The van der Waals surface area contributed by atoms with Crippen molar-refractivity contribution in [3.05, 3.63) is 81.6 Å². The Hall–Kier alpha value is -2.54. The maximum atomic E-state index is 13.4. The van der Waals surface area contributed by atoms with Gasteiger partial charge in [-0.1, -0.05) is 15.9 Å². The van der Waals surface area contributed by atoms with Gasteiger partial charge in [0, 0.05) is 11.0 Å². The second kappa shape index (κ2) is 7.14. The van der Waals surface area contributed by atoms with Crippen LogP contribution in [-0.4, -0.2) is 15.7 Å². The van der Waals surface area contributed by atoms with E-state index in [4.69, 9.17) is 0 Å². The molecule has 0 aliphatic rings. The van der Waals surface area contributed by atoms with Crippen LogP contribution in [-0.2, 0) is 6.54 Å². The first-order valence-electron chi connectivity index (χ1n) is 7.48. The van der Waals surface area contributed by atoms with Gasteiger partial charge in [0.25, 0.3) is 5.91 Å². The first kappa shape index (κ1) is 17.3. The van der Waals surface area contributed by atoms with Gasteiger partial charge in [0.2, 0.25) is 0 Å². The van der Waals surface area contributed by atoms with Gasteiger partial charge >= 0.3 is 0 Å². The molecular weight excluding hydrogens is 392 g/mol. The minimum absolute atomic E-state index is 0.191. The van der Waals surface area contributed by atoms with Gasteiger partial charge in [0.05, 0.1) is 23.1 Å². The molecule has 0 bridgehead atoms. The Morgan fingerprint density at radius 1 is 1.16 bits per heavy atom. The summed E-state index contributed by atoms with van der Waals surface area (Å²) >= 11 is 3.22. The Morgan fingerprint density at radius 3 is 2.56 bits per heavy atom.